The van der Waals surface area contributed by atoms with Crippen LogP contribution in [0.3, 0.4) is 0 Å². The number of nitrogens with one attached hydrogen (secondary N) is 2. The lowest BCUT2D eigenvalue weighted by Gasteiger charge is -2.03. The van der Waals surface area contributed by atoms with Crippen LogP contribution in [0.2, 0.25) is 0 Å². The predicted octanol–water partition coefficient (Wildman–Crippen LogP) is 4.72. The van der Waals surface area contributed by atoms with Crippen LogP contribution in [-0.2, 0) is 0 Å². The molecule has 2 N–H and O–H groups in total. The van der Waals surface area contributed by atoms with Crippen LogP contribution in [0.4, 0.5) is 5.69 Å². The number of anilines is 1. The Morgan fingerprint density at radius 2 is 1.64 bits per heavy atom. The number of hydrogen-bond donors (Lipinski definition) is 2. The SMILES string of the molecule is N#CNc1cc(-c2ccccc2)sc1C(=N)c1ccccc1. The van der Waals surface area contributed by atoms with E-state index in [0.29, 0.717) is 11.4 Å². The molecule has 1 heterocycles. The highest BCUT2D eigenvalue weighted by Gasteiger charge is 2.15. The molecule has 0 bridgehead atoms. The second kappa shape index (κ2) is 6.25. The Morgan fingerprint density at radius 3 is 2.27 bits per heavy atom. The van der Waals surface area contributed by atoms with Crippen molar-refractivity contribution >= 4 is 22.7 Å². The van der Waals surface area contributed by atoms with Gasteiger partial charge in [0, 0.05) is 10.4 Å². The first-order chi connectivity index (χ1) is 10.8. The summed E-state index contributed by atoms with van der Waals surface area (Å²) >= 11 is 1.52. The van der Waals surface area contributed by atoms with Gasteiger partial charge in [-0.15, -0.1) is 11.3 Å². The monoisotopic (exact) mass is 303 g/mol. The van der Waals surface area contributed by atoms with Crippen molar-refractivity contribution in [2.45, 2.75) is 0 Å². The Bertz CT molecular complexity index is 830. The van der Waals surface area contributed by atoms with Crippen molar-refractivity contribution in [3.63, 3.8) is 0 Å². The summed E-state index contributed by atoms with van der Waals surface area (Å²) in [5.41, 5.74) is 3.02. The van der Waals surface area contributed by atoms with Gasteiger partial charge in [0.1, 0.15) is 0 Å². The molecule has 0 amide bonds. The lowest BCUT2D eigenvalue weighted by Crippen LogP contribution is -2.01. The van der Waals surface area contributed by atoms with E-state index in [1.54, 1.807) is 0 Å². The smallest absolute Gasteiger partial charge is 0.181 e. The van der Waals surface area contributed by atoms with E-state index in [0.717, 1.165) is 20.9 Å². The molecule has 22 heavy (non-hydrogen) atoms. The highest BCUT2D eigenvalue weighted by Crippen LogP contribution is 2.36. The fourth-order valence-electron chi connectivity index (χ4n) is 2.21. The first-order valence-corrected chi connectivity index (χ1v) is 7.60. The van der Waals surface area contributed by atoms with Gasteiger partial charge in [0.05, 0.1) is 16.3 Å². The van der Waals surface area contributed by atoms with Crippen LogP contribution in [0.5, 0.6) is 0 Å². The summed E-state index contributed by atoms with van der Waals surface area (Å²) in [6.07, 6.45) is 1.96. The van der Waals surface area contributed by atoms with Gasteiger partial charge in [-0.25, -0.2) is 0 Å². The van der Waals surface area contributed by atoms with E-state index in [1.165, 1.54) is 11.3 Å². The molecule has 3 rings (SSSR count). The van der Waals surface area contributed by atoms with Crippen molar-refractivity contribution in [3.8, 4) is 16.6 Å². The van der Waals surface area contributed by atoms with Crippen molar-refractivity contribution in [1.29, 1.82) is 10.7 Å². The second-order valence-corrected chi connectivity index (χ2v) is 5.75. The lowest BCUT2D eigenvalue weighted by molar-refractivity contribution is 1.46. The van der Waals surface area contributed by atoms with Crippen LogP contribution in [0, 0.1) is 16.9 Å². The van der Waals surface area contributed by atoms with Crippen molar-refractivity contribution in [2.75, 3.05) is 5.32 Å². The number of rotatable bonds is 4. The quantitative estimate of drug-likeness (QED) is 0.416. The Morgan fingerprint density at radius 1 is 1.00 bits per heavy atom. The van der Waals surface area contributed by atoms with Crippen LogP contribution in [0.25, 0.3) is 10.4 Å². The average Bonchev–Trinajstić information content (AvgIpc) is 3.00. The largest absolute Gasteiger partial charge is 0.299 e. The van der Waals surface area contributed by atoms with E-state index < -0.39 is 0 Å². The maximum atomic E-state index is 8.95. The number of hydrogen-bond acceptors (Lipinski definition) is 4. The van der Waals surface area contributed by atoms with E-state index in [9.17, 15) is 0 Å². The summed E-state index contributed by atoms with van der Waals surface area (Å²) in [5.74, 6) is 0. The van der Waals surface area contributed by atoms with Crippen molar-refractivity contribution in [1.82, 2.24) is 0 Å². The molecule has 0 fully saturated rings. The molecule has 2 aromatic carbocycles. The molecule has 4 heteroatoms. The summed E-state index contributed by atoms with van der Waals surface area (Å²) in [5, 5.41) is 20.1. The summed E-state index contributed by atoms with van der Waals surface area (Å²) < 4.78 is 0. The third-order valence-corrected chi connectivity index (χ3v) is 4.47. The van der Waals surface area contributed by atoms with Gasteiger partial charge in [0.2, 0.25) is 0 Å². The molecule has 106 valence electrons. The van der Waals surface area contributed by atoms with E-state index >= 15 is 0 Å². The maximum Gasteiger partial charge on any atom is 0.181 e. The highest BCUT2D eigenvalue weighted by molar-refractivity contribution is 7.18. The lowest BCUT2D eigenvalue weighted by atomic mass is 10.1. The zero-order valence-corrected chi connectivity index (χ0v) is 12.5. The molecule has 0 aliphatic carbocycles. The molecule has 3 aromatic rings. The van der Waals surface area contributed by atoms with E-state index in [2.05, 4.69) is 5.32 Å². The third-order valence-electron chi connectivity index (χ3n) is 3.27. The average molecular weight is 303 g/mol. The molecule has 0 saturated heterocycles. The van der Waals surface area contributed by atoms with Crippen LogP contribution < -0.4 is 5.32 Å². The molecule has 0 radical (unpaired) electrons. The Kier molecular flexibility index (Phi) is 3.99. The molecular formula is C18H13N3S. The summed E-state index contributed by atoms with van der Waals surface area (Å²) in [7, 11) is 0. The van der Waals surface area contributed by atoms with Crippen LogP contribution in [0.15, 0.2) is 66.7 Å². The van der Waals surface area contributed by atoms with E-state index in [1.807, 2.05) is 72.9 Å². The van der Waals surface area contributed by atoms with Crippen LogP contribution in [-0.4, -0.2) is 5.71 Å². The van der Waals surface area contributed by atoms with Gasteiger partial charge < -0.3 is 0 Å². The van der Waals surface area contributed by atoms with Gasteiger partial charge in [-0.2, -0.15) is 5.26 Å². The third kappa shape index (κ3) is 2.76. The second-order valence-electron chi connectivity index (χ2n) is 4.70. The molecule has 0 aliphatic heterocycles. The van der Waals surface area contributed by atoms with Crippen molar-refractivity contribution in [3.05, 3.63) is 77.2 Å². The van der Waals surface area contributed by atoms with Gasteiger partial charge in [-0.05, 0) is 11.6 Å². The number of nitriles is 1. The highest BCUT2D eigenvalue weighted by atomic mass is 32.1. The Balaban J connectivity index is 2.05. The molecular weight excluding hydrogens is 290 g/mol. The number of thiophene rings is 1. The molecule has 1 aromatic heterocycles. The predicted molar refractivity (Wildman–Crippen MR) is 91.4 cm³/mol. The fraction of sp³-hybridized carbons (Fsp3) is 0. The van der Waals surface area contributed by atoms with Gasteiger partial charge >= 0.3 is 0 Å². The zero-order valence-electron chi connectivity index (χ0n) is 11.7. The molecule has 0 unspecified atom stereocenters. The normalized spacial score (nSPS) is 9.95. The molecule has 0 saturated carbocycles. The number of nitrogens with zero attached hydrogens (tertiary/aromatic N) is 1. The maximum absolute atomic E-state index is 8.95. The van der Waals surface area contributed by atoms with Crippen molar-refractivity contribution in [2.24, 2.45) is 0 Å². The zero-order chi connectivity index (χ0) is 15.4. The van der Waals surface area contributed by atoms with Gasteiger partial charge in [0.15, 0.2) is 6.19 Å². The van der Waals surface area contributed by atoms with Crippen LogP contribution >= 0.6 is 11.3 Å². The molecule has 0 spiro atoms. The minimum Gasteiger partial charge on any atom is -0.299 e. The van der Waals surface area contributed by atoms with Gasteiger partial charge in [-0.1, -0.05) is 60.7 Å². The minimum absolute atomic E-state index is 0.422. The molecule has 0 aliphatic rings. The summed E-state index contributed by atoms with van der Waals surface area (Å²) in [6.45, 7) is 0. The standard InChI is InChI=1S/C18H13N3S/c19-12-21-15-11-16(13-7-3-1-4-8-13)22-18(15)17(20)14-9-5-2-6-10-14/h1-11,20-21H. The van der Waals surface area contributed by atoms with E-state index in [-0.39, 0.29) is 0 Å². The number of benzene rings is 2. The Hall–Kier alpha value is -2.90. The minimum atomic E-state index is 0.422. The van der Waals surface area contributed by atoms with E-state index in [4.69, 9.17) is 10.7 Å². The first-order valence-electron chi connectivity index (χ1n) is 6.78. The molecule has 0 atom stereocenters. The van der Waals surface area contributed by atoms with Crippen molar-refractivity contribution < 1.29 is 0 Å². The Labute approximate surface area is 133 Å². The topological polar surface area (TPSA) is 59.7 Å². The molecule has 3 nitrogen and oxygen atoms in total. The van der Waals surface area contributed by atoms with Gasteiger partial charge in [0.25, 0.3) is 0 Å². The summed E-state index contributed by atoms with van der Waals surface area (Å²) in [6, 6.07) is 21.5. The van der Waals surface area contributed by atoms with Crippen LogP contribution in [0.1, 0.15) is 10.4 Å². The fourth-order valence-corrected chi connectivity index (χ4v) is 3.30. The summed E-state index contributed by atoms with van der Waals surface area (Å²) in [4.78, 5) is 1.81. The first kappa shape index (κ1) is 14.1. The van der Waals surface area contributed by atoms with Gasteiger partial charge in [-0.3, -0.25) is 10.7 Å².